The number of hydrogen-bond acceptors (Lipinski definition) is 2. The normalized spacial score (nSPS) is 11.7. The summed E-state index contributed by atoms with van der Waals surface area (Å²) in [5.41, 5.74) is 1.09. The average Bonchev–Trinajstić information content (AvgIpc) is 2.38. The molecular weight excluding hydrogens is 280 g/mol. The molecular formula is C14H19ClN2O3. The molecule has 2 amide bonds. The van der Waals surface area contributed by atoms with Gasteiger partial charge in [0.15, 0.2) is 0 Å². The molecule has 0 bridgehead atoms. The first-order valence-electron chi connectivity index (χ1n) is 6.48. The van der Waals surface area contributed by atoms with Crippen molar-refractivity contribution in [1.29, 1.82) is 0 Å². The number of carboxylic acid groups (broad SMARTS) is 1. The third kappa shape index (κ3) is 6.99. The highest BCUT2D eigenvalue weighted by molar-refractivity contribution is 6.30. The highest BCUT2D eigenvalue weighted by Crippen LogP contribution is 2.09. The molecule has 0 heterocycles. The minimum absolute atomic E-state index is 0.0478. The highest BCUT2D eigenvalue weighted by atomic mass is 35.5. The Balaban J connectivity index is 2.19. The average molecular weight is 299 g/mol. The number of rotatable bonds is 7. The van der Waals surface area contributed by atoms with Gasteiger partial charge in [-0.25, -0.2) is 4.79 Å². The van der Waals surface area contributed by atoms with Crippen LogP contribution in [-0.2, 0) is 11.2 Å². The van der Waals surface area contributed by atoms with Crippen LogP contribution in [0.25, 0.3) is 0 Å². The molecule has 0 saturated heterocycles. The summed E-state index contributed by atoms with van der Waals surface area (Å²) in [7, 11) is 0. The summed E-state index contributed by atoms with van der Waals surface area (Å²) in [6, 6.07) is 7.00. The lowest BCUT2D eigenvalue weighted by atomic mass is 10.1. The van der Waals surface area contributed by atoms with E-state index in [1.54, 1.807) is 6.92 Å². The molecule has 1 aromatic carbocycles. The Kier molecular flexibility index (Phi) is 6.87. The molecule has 5 nitrogen and oxygen atoms in total. The predicted octanol–water partition coefficient (Wildman–Crippen LogP) is 2.44. The van der Waals surface area contributed by atoms with Gasteiger partial charge in [0, 0.05) is 24.0 Å². The number of nitrogens with one attached hydrogen (secondary N) is 2. The summed E-state index contributed by atoms with van der Waals surface area (Å²) >= 11 is 5.78. The van der Waals surface area contributed by atoms with Gasteiger partial charge in [-0.3, -0.25) is 4.79 Å². The maximum atomic E-state index is 11.6. The van der Waals surface area contributed by atoms with Crippen molar-refractivity contribution in [1.82, 2.24) is 10.6 Å². The predicted molar refractivity (Wildman–Crippen MR) is 78.0 cm³/mol. The molecule has 0 saturated carbocycles. The molecule has 3 N–H and O–H groups in total. The molecule has 0 aromatic heterocycles. The van der Waals surface area contributed by atoms with Crippen molar-refractivity contribution < 1.29 is 14.7 Å². The standard InChI is InChI=1S/C14H19ClN2O3/c1-10(2-7-13(18)19)17-14(20)16-9-8-11-3-5-12(15)6-4-11/h3-6,10H,2,7-9H2,1H3,(H,18,19)(H2,16,17,20). The van der Waals surface area contributed by atoms with Crippen molar-refractivity contribution in [2.45, 2.75) is 32.2 Å². The van der Waals surface area contributed by atoms with Crippen LogP contribution in [0.1, 0.15) is 25.3 Å². The molecule has 20 heavy (non-hydrogen) atoms. The van der Waals surface area contributed by atoms with E-state index < -0.39 is 5.97 Å². The van der Waals surface area contributed by atoms with Gasteiger partial charge in [-0.1, -0.05) is 23.7 Å². The number of benzene rings is 1. The second-order valence-electron chi connectivity index (χ2n) is 4.61. The van der Waals surface area contributed by atoms with Crippen LogP contribution in [0.5, 0.6) is 0 Å². The Hall–Kier alpha value is -1.75. The summed E-state index contributed by atoms with van der Waals surface area (Å²) in [6.07, 6.45) is 1.18. The molecule has 0 aliphatic carbocycles. The molecule has 110 valence electrons. The van der Waals surface area contributed by atoms with Crippen molar-refractivity contribution in [3.63, 3.8) is 0 Å². The summed E-state index contributed by atoms with van der Waals surface area (Å²) in [5.74, 6) is -0.859. The third-order valence-electron chi connectivity index (χ3n) is 2.78. The maximum absolute atomic E-state index is 11.6. The molecule has 0 spiro atoms. The van der Waals surface area contributed by atoms with Gasteiger partial charge in [0.05, 0.1) is 0 Å². The fourth-order valence-corrected chi connectivity index (χ4v) is 1.78. The number of hydrogen-bond donors (Lipinski definition) is 3. The summed E-state index contributed by atoms with van der Waals surface area (Å²) in [4.78, 5) is 22.0. The first-order valence-corrected chi connectivity index (χ1v) is 6.86. The summed E-state index contributed by atoms with van der Waals surface area (Å²) in [6.45, 7) is 2.29. The Morgan fingerprint density at radius 1 is 1.30 bits per heavy atom. The molecule has 0 radical (unpaired) electrons. The smallest absolute Gasteiger partial charge is 0.315 e. The molecule has 1 atom stereocenters. The van der Waals surface area contributed by atoms with Crippen molar-refractivity contribution >= 4 is 23.6 Å². The molecule has 0 aliphatic heterocycles. The van der Waals surface area contributed by atoms with Crippen LogP contribution in [0, 0.1) is 0 Å². The molecule has 1 unspecified atom stereocenters. The zero-order valence-corrected chi connectivity index (χ0v) is 12.1. The highest BCUT2D eigenvalue weighted by Gasteiger charge is 2.08. The zero-order valence-electron chi connectivity index (χ0n) is 11.4. The van der Waals surface area contributed by atoms with Crippen molar-refractivity contribution in [2.75, 3.05) is 6.54 Å². The van der Waals surface area contributed by atoms with Crippen LogP contribution >= 0.6 is 11.6 Å². The SMILES string of the molecule is CC(CCC(=O)O)NC(=O)NCCc1ccc(Cl)cc1. The fraction of sp³-hybridized carbons (Fsp3) is 0.429. The quantitative estimate of drug-likeness (QED) is 0.723. The second-order valence-corrected chi connectivity index (χ2v) is 5.05. The van der Waals surface area contributed by atoms with Gasteiger partial charge in [0.25, 0.3) is 0 Å². The van der Waals surface area contributed by atoms with Gasteiger partial charge in [0.1, 0.15) is 0 Å². The zero-order chi connectivity index (χ0) is 15.0. The number of halogens is 1. The van der Waals surface area contributed by atoms with Crippen molar-refractivity contribution in [2.24, 2.45) is 0 Å². The molecule has 1 aromatic rings. The number of carbonyl (C=O) groups excluding carboxylic acids is 1. The Labute approximate surface area is 123 Å². The van der Waals surface area contributed by atoms with Gasteiger partial charge >= 0.3 is 12.0 Å². The molecule has 0 fully saturated rings. The number of urea groups is 1. The number of carboxylic acids is 1. The monoisotopic (exact) mass is 298 g/mol. The fourth-order valence-electron chi connectivity index (χ4n) is 1.66. The van der Waals surface area contributed by atoms with Crippen LogP contribution in [0.15, 0.2) is 24.3 Å². The van der Waals surface area contributed by atoms with Crippen LogP contribution < -0.4 is 10.6 Å². The van der Waals surface area contributed by atoms with Gasteiger partial charge in [-0.15, -0.1) is 0 Å². The van der Waals surface area contributed by atoms with Crippen LogP contribution in [-0.4, -0.2) is 29.7 Å². The van der Waals surface area contributed by atoms with Crippen molar-refractivity contribution in [3.8, 4) is 0 Å². The number of carbonyl (C=O) groups is 2. The van der Waals surface area contributed by atoms with Gasteiger partial charge in [-0.2, -0.15) is 0 Å². The van der Waals surface area contributed by atoms with Crippen LogP contribution in [0.4, 0.5) is 4.79 Å². The molecule has 1 rings (SSSR count). The van der Waals surface area contributed by atoms with E-state index in [-0.39, 0.29) is 18.5 Å². The summed E-state index contributed by atoms with van der Waals surface area (Å²) in [5, 5.41) is 14.7. The topological polar surface area (TPSA) is 78.4 Å². The van der Waals surface area contributed by atoms with Gasteiger partial charge in [-0.05, 0) is 37.5 Å². The van der Waals surface area contributed by atoms with E-state index >= 15 is 0 Å². The first kappa shape index (κ1) is 16.3. The summed E-state index contributed by atoms with van der Waals surface area (Å²) < 4.78 is 0. The Morgan fingerprint density at radius 2 is 1.95 bits per heavy atom. The van der Waals surface area contributed by atoms with E-state index in [1.807, 2.05) is 24.3 Å². The second kappa shape index (κ2) is 8.43. The first-order chi connectivity index (χ1) is 9.47. The minimum Gasteiger partial charge on any atom is -0.481 e. The van der Waals surface area contributed by atoms with E-state index in [0.717, 1.165) is 5.56 Å². The Morgan fingerprint density at radius 3 is 2.55 bits per heavy atom. The lowest BCUT2D eigenvalue weighted by molar-refractivity contribution is -0.137. The van der Waals surface area contributed by atoms with Gasteiger partial charge < -0.3 is 15.7 Å². The molecule has 6 heteroatoms. The number of aliphatic carboxylic acids is 1. The third-order valence-corrected chi connectivity index (χ3v) is 3.03. The lowest BCUT2D eigenvalue weighted by Gasteiger charge is -2.13. The van der Waals surface area contributed by atoms with Gasteiger partial charge in [0.2, 0.25) is 0 Å². The largest absolute Gasteiger partial charge is 0.481 e. The van der Waals surface area contributed by atoms with E-state index in [9.17, 15) is 9.59 Å². The van der Waals surface area contributed by atoms with E-state index in [2.05, 4.69) is 10.6 Å². The Bertz CT molecular complexity index is 448. The van der Waals surface area contributed by atoms with E-state index in [1.165, 1.54) is 0 Å². The number of amides is 2. The van der Waals surface area contributed by atoms with Crippen LogP contribution in [0.3, 0.4) is 0 Å². The van der Waals surface area contributed by atoms with E-state index in [4.69, 9.17) is 16.7 Å². The van der Waals surface area contributed by atoms with Crippen LogP contribution in [0.2, 0.25) is 5.02 Å². The molecule has 0 aliphatic rings. The van der Waals surface area contributed by atoms with E-state index in [0.29, 0.717) is 24.4 Å². The van der Waals surface area contributed by atoms with Crippen molar-refractivity contribution in [3.05, 3.63) is 34.9 Å². The maximum Gasteiger partial charge on any atom is 0.315 e. The minimum atomic E-state index is -0.859. The lowest BCUT2D eigenvalue weighted by Crippen LogP contribution is -2.41.